The van der Waals surface area contributed by atoms with E-state index in [1.165, 1.54) is 11.1 Å². The molecule has 0 amide bonds. The van der Waals surface area contributed by atoms with Crippen LogP contribution >= 0.6 is 0 Å². The average Bonchev–Trinajstić information content (AvgIpc) is 2.74. The molecule has 0 aliphatic rings. The van der Waals surface area contributed by atoms with Gasteiger partial charge in [0.1, 0.15) is 11.8 Å². The predicted octanol–water partition coefficient (Wildman–Crippen LogP) is 3.81. The highest BCUT2D eigenvalue weighted by Crippen LogP contribution is 2.27. The third kappa shape index (κ3) is 2.70. The zero-order chi connectivity index (χ0) is 14.7. The summed E-state index contributed by atoms with van der Waals surface area (Å²) in [6, 6.07) is 12.7. The lowest BCUT2D eigenvalue weighted by Crippen LogP contribution is -2.11. The number of aromatic nitrogens is 1. The Morgan fingerprint density at radius 3 is 2.70 bits per heavy atom. The quantitative estimate of drug-likeness (QED) is 0.915. The van der Waals surface area contributed by atoms with Crippen LogP contribution in [-0.4, -0.2) is 4.57 Å². The number of rotatable bonds is 4. The molecule has 0 bridgehead atoms. The number of nitriles is 1. The molecule has 1 aromatic heterocycles. The van der Waals surface area contributed by atoms with Crippen molar-refractivity contribution in [3.05, 3.63) is 52.8 Å². The molecule has 0 saturated carbocycles. The molecule has 0 saturated heterocycles. The fourth-order valence-electron chi connectivity index (χ4n) is 2.56. The first-order valence-corrected chi connectivity index (χ1v) is 7.02. The second kappa shape index (κ2) is 5.83. The second-order valence-corrected chi connectivity index (χ2v) is 5.34. The van der Waals surface area contributed by atoms with Gasteiger partial charge in [0.25, 0.3) is 0 Å². The molecule has 2 rings (SSSR count). The molecular weight excluding hydrogens is 246 g/mol. The summed E-state index contributed by atoms with van der Waals surface area (Å²) in [5.74, 6) is 0. The molecule has 1 heterocycles. The van der Waals surface area contributed by atoms with Crippen LogP contribution in [0, 0.1) is 18.3 Å². The van der Waals surface area contributed by atoms with Crippen molar-refractivity contribution < 1.29 is 0 Å². The van der Waals surface area contributed by atoms with Crippen LogP contribution in [0.2, 0.25) is 0 Å². The molecular formula is C17H21N3. The van der Waals surface area contributed by atoms with Gasteiger partial charge in [-0.3, -0.25) is 0 Å². The van der Waals surface area contributed by atoms with E-state index >= 15 is 0 Å². The minimum absolute atomic E-state index is 0.279. The van der Waals surface area contributed by atoms with Crippen molar-refractivity contribution in [1.82, 2.24) is 4.57 Å². The Morgan fingerprint density at radius 1 is 1.35 bits per heavy atom. The molecule has 1 atom stereocenters. The van der Waals surface area contributed by atoms with Gasteiger partial charge in [-0.2, -0.15) is 5.26 Å². The van der Waals surface area contributed by atoms with Crippen molar-refractivity contribution in [3.63, 3.8) is 0 Å². The van der Waals surface area contributed by atoms with Gasteiger partial charge in [0.15, 0.2) is 0 Å². The van der Waals surface area contributed by atoms with Crippen LogP contribution in [-0.2, 0) is 6.42 Å². The first-order chi connectivity index (χ1) is 9.56. The van der Waals surface area contributed by atoms with Crippen LogP contribution in [0.5, 0.6) is 0 Å². The van der Waals surface area contributed by atoms with Crippen LogP contribution in [0.25, 0.3) is 0 Å². The Bertz CT molecular complexity index is 647. The zero-order valence-corrected chi connectivity index (χ0v) is 12.4. The van der Waals surface area contributed by atoms with Gasteiger partial charge in [-0.25, -0.2) is 0 Å². The smallest absolute Gasteiger partial charge is 0.122 e. The fraction of sp³-hybridized carbons (Fsp3) is 0.353. The van der Waals surface area contributed by atoms with Crippen LogP contribution in [0.4, 0.5) is 5.69 Å². The predicted molar refractivity (Wildman–Crippen MR) is 82.5 cm³/mol. The monoisotopic (exact) mass is 267 g/mol. The Balaban J connectivity index is 2.46. The second-order valence-electron chi connectivity index (χ2n) is 5.34. The highest BCUT2D eigenvalue weighted by atomic mass is 15.0. The Morgan fingerprint density at radius 2 is 2.10 bits per heavy atom. The molecule has 0 radical (unpaired) electrons. The topological polar surface area (TPSA) is 54.7 Å². The molecule has 20 heavy (non-hydrogen) atoms. The molecule has 3 heteroatoms. The van der Waals surface area contributed by atoms with Gasteiger partial charge < -0.3 is 10.3 Å². The first kappa shape index (κ1) is 14.2. The average molecular weight is 267 g/mol. The maximum atomic E-state index is 9.28. The van der Waals surface area contributed by atoms with E-state index < -0.39 is 0 Å². The number of aryl methyl sites for hydroxylation is 1. The maximum absolute atomic E-state index is 9.28. The van der Waals surface area contributed by atoms with Crippen LogP contribution < -0.4 is 5.73 Å². The van der Waals surface area contributed by atoms with Crippen molar-refractivity contribution in [2.75, 3.05) is 5.73 Å². The van der Waals surface area contributed by atoms with Gasteiger partial charge in [-0.15, -0.1) is 0 Å². The lowest BCUT2D eigenvalue weighted by atomic mass is 10.1. The number of nitrogens with two attached hydrogens (primary N) is 1. The summed E-state index contributed by atoms with van der Waals surface area (Å²) in [6.45, 7) is 6.33. The summed E-state index contributed by atoms with van der Waals surface area (Å²) in [7, 11) is 0. The lowest BCUT2D eigenvalue weighted by molar-refractivity contribution is 0.514. The molecule has 2 aromatic rings. The minimum Gasteiger partial charge on any atom is -0.397 e. The number of hydrogen-bond acceptors (Lipinski definition) is 2. The van der Waals surface area contributed by atoms with Gasteiger partial charge in [-0.1, -0.05) is 36.8 Å². The standard InChI is InChI=1S/C17H21N3/c1-4-13(3)20-15(11-18)10-16(19)17(20)9-14-7-5-6-12(2)8-14/h5-8,10,13H,4,9,19H2,1-3H3/t13-/m0/s1. The molecule has 0 spiro atoms. The maximum Gasteiger partial charge on any atom is 0.122 e. The third-order valence-corrected chi connectivity index (χ3v) is 3.78. The van der Waals surface area contributed by atoms with Crippen molar-refractivity contribution in [1.29, 1.82) is 5.26 Å². The number of benzene rings is 1. The molecule has 0 aliphatic carbocycles. The first-order valence-electron chi connectivity index (χ1n) is 7.02. The zero-order valence-electron chi connectivity index (χ0n) is 12.4. The highest BCUT2D eigenvalue weighted by Gasteiger charge is 2.17. The number of nitrogens with zero attached hydrogens (tertiary/aromatic N) is 2. The van der Waals surface area contributed by atoms with Gasteiger partial charge >= 0.3 is 0 Å². The minimum atomic E-state index is 0.279. The van der Waals surface area contributed by atoms with E-state index in [-0.39, 0.29) is 6.04 Å². The van der Waals surface area contributed by atoms with E-state index in [2.05, 4.69) is 55.7 Å². The summed E-state index contributed by atoms with van der Waals surface area (Å²) in [5, 5.41) is 9.28. The van der Waals surface area contributed by atoms with Gasteiger partial charge in [-0.05, 0) is 31.9 Å². The van der Waals surface area contributed by atoms with Crippen molar-refractivity contribution >= 4 is 5.69 Å². The van der Waals surface area contributed by atoms with E-state index in [1.54, 1.807) is 6.07 Å². The van der Waals surface area contributed by atoms with Gasteiger partial charge in [0.05, 0.1) is 5.69 Å². The summed E-state index contributed by atoms with van der Waals surface area (Å²) in [5.41, 5.74) is 11.0. The normalized spacial score (nSPS) is 12.1. The van der Waals surface area contributed by atoms with E-state index in [9.17, 15) is 5.26 Å². The van der Waals surface area contributed by atoms with Crippen molar-refractivity contribution in [2.24, 2.45) is 0 Å². The number of nitrogen functional groups attached to an aromatic ring is 1. The number of hydrogen-bond donors (Lipinski definition) is 1. The van der Waals surface area contributed by atoms with Crippen LogP contribution in [0.3, 0.4) is 0 Å². The van der Waals surface area contributed by atoms with Crippen LogP contribution in [0.15, 0.2) is 30.3 Å². The summed E-state index contributed by atoms with van der Waals surface area (Å²) < 4.78 is 2.08. The van der Waals surface area contributed by atoms with Crippen LogP contribution in [0.1, 0.15) is 48.8 Å². The number of anilines is 1. The summed E-state index contributed by atoms with van der Waals surface area (Å²) in [4.78, 5) is 0. The third-order valence-electron chi connectivity index (χ3n) is 3.78. The summed E-state index contributed by atoms with van der Waals surface area (Å²) in [6.07, 6.45) is 1.74. The van der Waals surface area contributed by atoms with E-state index in [4.69, 9.17) is 5.73 Å². The SMILES string of the molecule is CC[C@H](C)n1c(C#N)cc(N)c1Cc1cccc(C)c1. The molecule has 3 nitrogen and oxygen atoms in total. The summed E-state index contributed by atoms with van der Waals surface area (Å²) >= 11 is 0. The lowest BCUT2D eigenvalue weighted by Gasteiger charge is -2.17. The van der Waals surface area contributed by atoms with E-state index in [0.29, 0.717) is 11.4 Å². The van der Waals surface area contributed by atoms with Crippen molar-refractivity contribution in [3.8, 4) is 6.07 Å². The molecule has 104 valence electrons. The highest BCUT2D eigenvalue weighted by molar-refractivity contribution is 5.52. The molecule has 1 aromatic carbocycles. The molecule has 2 N–H and O–H groups in total. The van der Waals surface area contributed by atoms with Gasteiger partial charge in [0.2, 0.25) is 0 Å². The van der Waals surface area contributed by atoms with Gasteiger partial charge in [0, 0.05) is 18.2 Å². The van der Waals surface area contributed by atoms with Crippen molar-refractivity contribution in [2.45, 2.75) is 39.7 Å². The van der Waals surface area contributed by atoms with E-state index in [1.807, 2.05) is 0 Å². The molecule has 0 fully saturated rings. The Kier molecular flexibility index (Phi) is 4.14. The Labute approximate surface area is 120 Å². The largest absolute Gasteiger partial charge is 0.397 e. The van der Waals surface area contributed by atoms with E-state index in [0.717, 1.165) is 18.5 Å². The molecule has 0 unspecified atom stereocenters. The fourth-order valence-corrected chi connectivity index (χ4v) is 2.56. The Hall–Kier alpha value is -2.21. The molecule has 0 aliphatic heterocycles.